The molecule has 1 unspecified atom stereocenters. The molecule has 0 aliphatic carbocycles. The molecule has 2 aliphatic rings. The molecule has 5 rings (SSSR count). The lowest BCUT2D eigenvalue weighted by atomic mass is 9.87. The molecule has 1 atom stereocenters. The summed E-state index contributed by atoms with van der Waals surface area (Å²) in [6.07, 6.45) is 0.947. The number of fused-ring (bicyclic) bond motifs is 5. The monoisotopic (exact) mass is 496 g/mol. The van der Waals surface area contributed by atoms with E-state index in [0.29, 0.717) is 5.02 Å². The van der Waals surface area contributed by atoms with Crippen molar-refractivity contribution in [1.82, 2.24) is 4.90 Å². The number of hydrogen-bond acceptors (Lipinski definition) is 4. The Balaban J connectivity index is 1.67. The Kier molecular flexibility index (Phi) is 5.51. The van der Waals surface area contributed by atoms with Crippen molar-refractivity contribution in [3.8, 4) is 11.5 Å². The fraction of sp³-hybridized carbons (Fsp3) is 0.240. The molecule has 2 heterocycles. The van der Waals surface area contributed by atoms with Crippen LogP contribution in [0, 0.1) is 0 Å². The molecule has 158 valence electrons. The van der Waals surface area contributed by atoms with E-state index in [9.17, 15) is 0 Å². The first kappa shape index (κ1) is 20.6. The van der Waals surface area contributed by atoms with Crippen molar-refractivity contribution in [3.05, 3.63) is 86.3 Å². The SMILES string of the molecule is COc1cc2c(cc1OC)C1c3ccc(Cl)cc3N=C(c3ccc(Br)cc3)CN1CC2. The Bertz CT molecular complexity index is 1180. The van der Waals surface area contributed by atoms with E-state index in [0.717, 1.165) is 58.0 Å². The van der Waals surface area contributed by atoms with Crippen molar-refractivity contribution < 1.29 is 9.47 Å². The minimum Gasteiger partial charge on any atom is -0.493 e. The summed E-state index contributed by atoms with van der Waals surface area (Å²) in [6, 6.07) is 18.7. The standard InChI is InChI=1S/C25H22BrClN2O2/c1-30-23-11-16-9-10-29-14-22(15-3-5-17(26)6-4-15)28-21-12-18(27)7-8-19(21)25(29)20(16)13-24(23)31-2/h3-8,11-13,25H,9-10,14H2,1-2H3. The molecule has 0 aromatic heterocycles. The first-order valence-electron chi connectivity index (χ1n) is 10.2. The molecule has 0 bridgehead atoms. The van der Waals surface area contributed by atoms with Gasteiger partial charge in [0.25, 0.3) is 0 Å². The summed E-state index contributed by atoms with van der Waals surface area (Å²) in [5, 5.41) is 0.689. The van der Waals surface area contributed by atoms with Gasteiger partial charge in [-0.1, -0.05) is 45.7 Å². The predicted octanol–water partition coefficient (Wildman–Crippen LogP) is 6.20. The molecule has 31 heavy (non-hydrogen) atoms. The second-order valence-electron chi connectivity index (χ2n) is 7.80. The molecule has 2 aliphatic heterocycles. The van der Waals surface area contributed by atoms with E-state index in [1.807, 2.05) is 12.1 Å². The summed E-state index contributed by atoms with van der Waals surface area (Å²) < 4.78 is 12.2. The topological polar surface area (TPSA) is 34.1 Å². The van der Waals surface area contributed by atoms with Crippen LogP contribution < -0.4 is 9.47 Å². The number of benzene rings is 3. The molecule has 0 saturated carbocycles. The maximum atomic E-state index is 6.38. The summed E-state index contributed by atoms with van der Waals surface area (Å²) in [5.41, 5.74) is 6.76. The third-order valence-corrected chi connectivity index (χ3v) is 6.81. The van der Waals surface area contributed by atoms with Gasteiger partial charge in [0.1, 0.15) is 0 Å². The second kappa shape index (κ2) is 8.30. The van der Waals surface area contributed by atoms with Crippen LogP contribution in [0.5, 0.6) is 11.5 Å². The number of ether oxygens (including phenoxy) is 2. The molecule has 0 saturated heterocycles. The normalized spacial score (nSPS) is 17.7. The second-order valence-corrected chi connectivity index (χ2v) is 9.15. The molecular formula is C25H22BrClN2O2. The Morgan fingerprint density at radius 1 is 0.968 bits per heavy atom. The number of methoxy groups -OCH3 is 2. The van der Waals surface area contributed by atoms with E-state index in [2.05, 4.69) is 63.3 Å². The van der Waals surface area contributed by atoms with E-state index in [-0.39, 0.29) is 6.04 Å². The molecule has 0 N–H and O–H groups in total. The number of hydrogen-bond donors (Lipinski definition) is 0. The van der Waals surface area contributed by atoms with Crippen molar-refractivity contribution in [1.29, 1.82) is 0 Å². The fourth-order valence-corrected chi connectivity index (χ4v) is 4.98. The zero-order valence-corrected chi connectivity index (χ0v) is 19.7. The maximum Gasteiger partial charge on any atom is 0.161 e. The maximum absolute atomic E-state index is 6.38. The third kappa shape index (κ3) is 3.75. The molecule has 0 spiro atoms. The lowest BCUT2D eigenvalue weighted by Crippen LogP contribution is -2.38. The summed E-state index contributed by atoms with van der Waals surface area (Å²) in [5.74, 6) is 1.52. The van der Waals surface area contributed by atoms with Crippen molar-refractivity contribution in [2.75, 3.05) is 27.3 Å². The van der Waals surface area contributed by atoms with Gasteiger partial charge >= 0.3 is 0 Å². The van der Waals surface area contributed by atoms with Gasteiger partial charge in [-0.2, -0.15) is 0 Å². The Morgan fingerprint density at radius 2 is 1.71 bits per heavy atom. The summed E-state index contributed by atoms with van der Waals surface area (Å²) >= 11 is 9.91. The van der Waals surface area contributed by atoms with E-state index in [1.54, 1.807) is 14.2 Å². The van der Waals surface area contributed by atoms with E-state index < -0.39 is 0 Å². The lowest BCUT2D eigenvalue weighted by Gasteiger charge is -2.37. The highest BCUT2D eigenvalue weighted by Crippen LogP contribution is 2.45. The molecule has 0 fully saturated rings. The number of nitrogens with zero attached hydrogens (tertiary/aromatic N) is 2. The Hall–Kier alpha value is -2.34. The van der Waals surface area contributed by atoms with Crippen LogP contribution in [0.2, 0.25) is 5.02 Å². The van der Waals surface area contributed by atoms with Gasteiger partial charge in [0.2, 0.25) is 0 Å². The van der Waals surface area contributed by atoms with Gasteiger partial charge in [-0.3, -0.25) is 9.89 Å². The molecule has 4 nitrogen and oxygen atoms in total. The van der Waals surface area contributed by atoms with Crippen LogP contribution >= 0.6 is 27.5 Å². The smallest absolute Gasteiger partial charge is 0.161 e. The zero-order chi connectivity index (χ0) is 21.5. The largest absolute Gasteiger partial charge is 0.493 e. The van der Waals surface area contributed by atoms with E-state index in [1.165, 1.54) is 11.1 Å². The average Bonchev–Trinajstić information content (AvgIpc) is 2.95. The molecule has 0 radical (unpaired) electrons. The number of halogens is 2. The molecule has 0 amide bonds. The van der Waals surface area contributed by atoms with Gasteiger partial charge < -0.3 is 9.47 Å². The minimum atomic E-state index is 0.0764. The van der Waals surface area contributed by atoms with Gasteiger partial charge in [-0.15, -0.1) is 0 Å². The van der Waals surface area contributed by atoms with Crippen LogP contribution in [0.4, 0.5) is 5.69 Å². The Morgan fingerprint density at radius 3 is 2.45 bits per heavy atom. The fourth-order valence-electron chi connectivity index (χ4n) is 4.55. The quantitative estimate of drug-likeness (QED) is 0.432. The van der Waals surface area contributed by atoms with Gasteiger partial charge in [0, 0.05) is 22.6 Å². The zero-order valence-electron chi connectivity index (χ0n) is 17.4. The highest BCUT2D eigenvalue weighted by atomic mass is 79.9. The molecule has 3 aromatic rings. The van der Waals surface area contributed by atoms with Crippen LogP contribution in [-0.4, -0.2) is 37.9 Å². The average molecular weight is 498 g/mol. The molecular weight excluding hydrogens is 476 g/mol. The van der Waals surface area contributed by atoms with Gasteiger partial charge in [0.05, 0.1) is 31.7 Å². The van der Waals surface area contributed by atoms with E-state index in [4.69, 9.17) is 26.1 Å². The van der Waals surface area contributed by atoms with Crippen molar-refractivity contribution in [3.63, 3.8) is 0 Å². The summed E-state index contributed by atoms with van der Waals surface area (Å²) in [7, 11) is 3.36. The highest BCUT2D eigenvalue weighted by Gasteiger charge is 2.34. The van der Waals surface area contributed by atoms with Crippen molar-refractivity contribution >= 4 is 38.9 Å². The minimum absolute atomic E-state index is 0.0764. The van der Waals surface area contributed by atoms with E-state index >= 15 is 0 Å². The predicted molar refractivity (Wildman–Crippen MR) is 128 cm³/mol. The van der Waals surface area contributed by atoms with Crippen LogP contribution in [0.25, 0.3) is 0 Å². The van der Waals surface area contributed by atoms with Gasteiger partial charge in [-0.05, 0) is 65.1 Å². The third-order valence-electron chi connectivity index (χ3n) is 6.05. The molecule has 6 heteroatoms. The van der Waals surface area contributed by atoms with Crippen LogP contribution in [0.1, 0.15) is 28.3 Å². The van der Waals surface area contributed by atoms with Crippen LogP contribution in [0.3, 0.4) is 0 Å². The van der Waals surface area contributed by atoms with Gasteiger partial charge in [-0.25, -0.2) is 0 Å². The Labute approximate surface area is 195 Å². The first-order valence-corrected chi connectivity index (χ1v) is 11.4. The first-order chi connectivity index (χ1) is 15.1. The lowest BCUT2D eigenvalue weighted by molar-refractivity contribution is 0.245. The van der Waals surface area contributed by atoms with Crippen molar-refractivity contribution in [2.24, 2.45) is 4.99 Å². The summed E-state index contributed by atoms with van der Waals surface area (Å²) in [4.78, 5) is 7.59. The van der Waals surface area contributed by atoms with Crippen molar-refractivity contribution in [2.45, 2.75) is 12.5 Å². The highest BCUT2D eigenvalue weighted by molar-refractivity contribution is 9.10. The van der Waals surface area contributed by atoms with Crippen LogP contribution in [-0.2, 0) is 6.42 Å². The number of rotatable bonds is 3. The van der Waals surface area contributed by atoms with Crippen LogP contribution in [0.15, 0.2) is 64.1 Å². The summed E-state index contributed by atoms with van der Waals surface area (Å²) in [6.45, 7) is 1.69. The molecule has 3 aromatic carbocycles. The van der Waals surface area contributed by atoms with Gasteiger partial charge in [0.15, 0.2) is 11.5 Å². The number of aliphatic imine (C=N–C) groups is 1.